The third-order valence-corrected chi connectivity index (χ3v) is 3.44. The molecule has 0 spiro atoms. The van der Waals surface area contributed by atoms with Crippen molar-refractivity contribution in [1.29, 1.82) is 0 Å². The zero-order chi connectivity index (χ0) is 12.4. The second-order valence-electron chi connectivity index (χ2n) is 5.22. The summed E-state index contributed by atoms with van der Waals surface area (Å²) in [5.74, 6) is -0.303. The van der Waals surface area contributed by atoms with Crippen LogP contribution in [0.2, 0.25) is 0 Å². The minimum absolute atomic E-state index is 0.0519. The fourth-order valence-electron chi connectivity index (χ4n) is 2.33. The molecule has 1 aliphatic carbocycles. The molecule has 2 atom stereocenters. The molecule has 0 aromatic heterocycles. The van der Waals surface area contributed by atoms with Crippen LogP contribution in [0.25, 0.3) is 0 Å². The second-order valence-corrected chi connectivity index (χ2v) is 5.22. The highest BCUT2D eigenvalue weighted by Crippen LogP contribution is 2.29. The first kappa shape index (κ1) is 12.4. The van der Waals surface area contributed by atoms with Crippen LogP contribution in [0.4, 0.5) is 0 Å². The summed E-state index contributed by atoms with van der Waals surface area (Å²) in [5.41, 5.74) is 0. The van der Waals surface area contributed by atoms with Gasteiger partial charge in [0.2, 0.25) is 5.91 Å². The number of carboxylic acids is 1. The Morgan fingerprint density at radius 2 is 2.24 bits per heavy atom. The maximum Gasteiger partial charge on any atom is 0.303 e. The molecule has 0 aromatic rings. The highest BCUT2D eigenvalue weighted by atomic mass is 16.4. The van der Waals surface area contributed by atoms with Crippen molar-refractivity contribution in [2.45, 2.75) is 44.7 Å². The van der Waals surface area contributed by atoms with E-state index in [1.807, 2.05) is 4.90 Å². The monoisotopic (exact) mass is 240 g/mol. The molecule has 0 aromatic carbocycles. The predicted molar refractivity (Wildman–Crippen MR) is 62.6 cm³/mol. The van der Waals surface area contributed by atoms with Gasteiger partial charge in [-0.25, -0.2) is 0 Å². The van der Waals surface area contributed by atoms with Crippen molar-refractivity contribution >= 4 is 11.9 Å². The lowest BCUT2D eigenvalue weighted by molar-refractivity contribution is -0.138. The van der Waals surface area contributed by atoms with Crippen molar-refractivity contribution in [2.24, 2.45) is 5.92 Å². The first-order valence-electron chi connectivity index (χ1n) is 6.33. The zero-order valence-electron chi connectivity index (χ0n) is 10.2. The third-order valence-electron chi connectivity index (χ3n) is 3.44. The number of nitrogens with one attached hydrogen (secondary N) is 1. The van der Waals surface area contributed by atoms with E-state index in [4.69, 9.17) is 5.11 Å². The van der Waals surface area contributed by atoms with Gasteiger partial charge < -0.3 is 15.3 Å². The third kappa shape index (κ3) is 3.19. The molecule has 1 saturated heterocycles. The molecule has 1 saturated carbocycles. The smallest absolute Gasteiger partial charge is 0.303 e. The van der Waals surface area contributed by atoms with Gasteiger partial charge in [-0.2, -0.15) is 0 Å². The lowest BCUT2D eigenvalue weighted by Crippen LogP contribution is -2.44. The van der Waals surface area contributed by atoms with Crippen LogP contribution in [0, 0.1) is 5.92 Å². The molecule has 5 nitrogen and oxygen atoms in total. The molecule has 17 heavy (non-hydrogen) atoms. The van der Waals surface area contributed by atoms with Gasteiger partial charge in [-0.15, -0.1) is 0 Å². The van der Waals surface area contributed by atoms with Crippen LogP contribution < -0.4 is 5.32 Å². The second kappa shape index (κ2) is 5.04. The van der Waals surface area contributed by atoms with Gasteiger partial charge in [0.1, 0.15) is 0 Å². The first-order chi connectivity index (χ1) is 8.08. The Hall–Kier alpha value is -1.10. The van der Waals surface area contributed by atoms with Crippen molar-refractivity contribution < 1.29 is 14.7 Å². The molecule has 5 heteroatoms. The summed E-state index contributed by atoms with van der Waals surface area (Å²) in [7, 11) is 0. The number of carboxylic acid groups (broad SMARTS) is 1. The number of hydrogen-bond acceptors (Lipinski definition) is 3. The standard InChI is InChI=1S/C12H20N2O3/c1-8-6-13-10(4-5-11(15)16)12(17)14(7-8)9-2-3-9/h8-10,13H,2-7H2,1H3,(H,15,16). The van der Waals surface area contributed by atoms with Crippen LogP contribution in [-0.2, 0) is 9.59 Å². The summed E-state index contributed by atoms with van der Waals surface area (Å²) in [6.07, 6.45) is 2.65. The lowest BCUT2D eigenvalue weighted by Gasteiger charge is -2.24. The lowest BCUT2D eigenvalue weighted by atomic mass is 10.1. The molecule has 2 aliphatic rings. The maximum absolute atomic E-state index is 12.3. The Morgan fingerprint density at radius 1 is 1.53 bits per heavy atom. The quantitative estimate of drug-likeness (QED) is 0.748. The van der Waals surface area contributed by atoms with Gasteiger partial charge in [0.05, 0.1) is 6.04 Å². The van der Waals surface area contributed by atoms with Crippen LogP contribution in [0.5, 0.6) is 0 Å². The van der Waals surface area contributed by atoms with E-state index in [2.05, 4.69) is 12.2 Å². The molecular formula is C12H20N2O3. The summed E-state index contributed by atoms with van der Waals surface area (Å²) < 4.78 is 0. The summed E-state index contributed by atoms with van der Waals surface area (Å²) in [5, 5.41) is 11.9. The van der Waals surface area contributed by atoms with Gasteiger partial charge in [-0.3, -0.25) is 9.59 Å². The van der Waals surface area contributed by atoms with Crippen molar-refractivity contribution in [3.8, 4) is 0 Å². The summed E-state index contributed by atoms with van der Waals surface area (Å²) in [6, 6.07) is 0.105. The van der Waals surface area contributed by atoms with Crippen molar-refractivity contribution in [2.75, 3.05) is 13.1 Å². The Balaban J connectivity index is 1.99. The van der Waals surface area contributed by atoms with Gasteiger partial charge >= 0.3 is 5.97 Å². The van der Waals surface area contributed by atoms with Crippen LogP contribution >= 0.6 is 0 Å². The summed E-state index contributed by atoms with van der Waals surface area (Å²) in [4.78, 5) is 24.8. The normalized spacial score (nSPS) is 30.2. The number of carbonyl (C=O) groups excluding carboxylic acids is 1. The average molecular weight is 240 g/mol. The van der Waals surface area contributed by atoms with E-state index < -0.39 is 5.97 Å². The van der Waals surface area contributed by atoms with E-state index in [1.165, 1.54) is 0 Å². The van der Waals surface area contributed by atoms with Crippen molar-refractivity contribution in [3.63, 3.8) is 0 Å². The van der Waals surface area contributed by atoms with Crippen molar-refractivity contribution in [3.05, 3.63) is 0 Å². The van der Waals surface area contributed by atoms with Crippen LogP contribution in [-0.4, -0.2) is 47.1 Å². The minimum Gasteiger partial charge on any atom is -0.481 e. The molecule has 96 valence electrons. The van der Waals surface area contributed by atoms with Gasteiger partial charge in [0.15, 0.2) is 0 Å². The first-order valence-corrected chi connectivity index (χ1v) is 6.33. The van der Waals surface area contributed by atoms with Crippen molar-refractivity contribution in [1.82, 2.24) is 10.2 Å². The zero-order valence-corrected chi connectivity index (χ0v) is 10.2. The Kier molecular flexibility index (Phi) is 3.66. The predicted octanol–water partition coefficient (Wildman–Crippen LogP) is 0.450. The fourth-order valence-corrected chi connectivity index (χ4v) is 2.33. The van der Waals surface area contributed by atoms with E-state index in [9.17, 15) is 9.59 Å². The average Bonchev–Trinajstić information content (AvgIpc) is 3.07. The number of hydrogen-bond donors (Lipinski definition) is 2. The fraction of sp³-hybridized carbons (Fsp3) is 0.833. The van der Waals surface area contributed by atoms with E-state index in [0.29, 0.717) is 18.4 Å². The molecule has 2 N–H and O–H groups in total. The van der Waals surface area contributed by atoms with Crippen LogP contribution in [0.15, 0.2) is 0 Å². The van der Waals surface area contributed by atoms with E-state index in [1.54, 1.807) is 0 Å². The topological polar surface area (TPSA) is 69.6 Å². The molecule has 2 rings (SSSR count). The van der Waals surface area contributed by atoms with Crippen LogP contribution in [0.3, 0.4) is 0 Å². The number of amides is 1. The number of carbonyl (C=O) groups is 2. The van der Waals surface area contributed by atoms with E-state index in [0.717, 1.165) is 25.9 Å². The van der Waals surface area contributed by atoms with E-state index in [-0.39, 0.29) is 18.4 Å². The largest absolute Gasteiger partial charge is 0.481 e. The number of rotatable bonds is 4. The van der Waals surface area contributed by atoms with Gasteiger partial charge in [0, 0.05) is 25.6 Å². The molecule has 0 radical (unpaired) electrons. The molecule has 1 aliphatic heterocycles. The highest BCUT2D eigenvalue weighted by Gasteiger charge is 2.38. The van der Waals surface area contributed by atoms with E-state index >= 15 is 0 Å². The molecule has 1 amide bonds. The molecule has 2 fully saturated rings. The summed E-state index contributed by atoms with van der Waals surface area (Å²) >= 11 is 0. The SMILES string of the molecule is CC1CNC(CCC(=O)O)C(=O)N(C2CC2)C1. The molecule has 2 unspecified atom stereocenters. The minimum atomic E-state index is -0.838. The van der Waals surface area contributed by atoms with Crippen LogP contribution in [0.1, 0.15) is 32.6 Å². The maximum atomic E-state index is 12.3. The number of nitrogens with zero attached hydrogens (tertiary/aromatic N) is 1. The summed E-state index contributed by atoms with van der Waals surface area (Å²) in [6.45, 7) is 3.72. The Labute approximate surface area is 101 Å². The van der Waals surface area contributed by atoms with Gasteiger partial charge in [-0.05, 0) is 25.2 Å². The van der Waals surface area contributed by atoms with Gasteiger partial charge in [-0.1, -0.05) is 6.92 Å². The highest BCUT2D eigenvalue weighted by molar-refractivity contribution is 5.83. The molecular weight excluding hydrogens is 220 g/mol. The van der Waals surface area contributed by atoms with Gasteiger partial charge in [0.25, 0.3) is 0 Å². The molecule has 1 heterocycles. The Bertz CT molecular complexity index is 315. The molecule has 0 bridgehead atoms. The Morgan fingerprint density at radius 3 is 2.82 bits per heavy atom. The number of aliphatic carboxylic acids is 1.